The Bertz CT molecular complexity index is 1410. The summed E-state index contributed by atoms with van der Waals surface area (Å²) in [5.41, 5.74) is 3.47. The summed E-state index contributed by atoms with van der Waals surface area (Å²) in [5, 5.41) is 16.5. The standard InChI is InChI=1S/C26H19ClN2O6/c1-15(20-4-2-3-5-21(20)27)35-25(32)28-23-12-34-29-22(23)7-6-16-8-17-10-19(11-18(17)9-16)26(24(30)31)13-33-14-26/h2-5,8-12,15H,13-14H2,1H3,(H,28,32)(H,30,31). The zero-order valence-electron chi connectivity index (χ0n) is 18.5. The van der Waals surface area contributed by atoms with E-state index in [1.807, 2.05) is 30.4 Å². The van der Waals surface area contributed by atoms with Gasteiger partial charge in [0.1, 0.15) is 23.5 Å². The second kappa shape index (κ2) is 8.95. The van der Waals surface area contributed by atoms with Gasteiger partial charge in [0.2, 0.25) is 0 Å². The molecule has 1 aromatic heterocycles. The van der Waals surface area contributed by atoms with Gasteiger partial charge in [-0.3, -0.25) is 10.1 Å². The van der Waals surface area contributed by atoms with E-state index in [-0.39, 0.29) is 24.6 Å². The molecule has 1 unspecified atom stereocenters. The minimum absolute atomic E-state index is 0.170. The molecule has 1 amide bonds. The summed E-state index contributed by atoms with van der Waals surface area (Å²) >= 11 is 6.16. The van der Waals surface area contributed by atoms with Crippen molar-refractivity contribution in [3.05, 3.63) is 93.4 Å². The van der Waals surface area contributed by atoms with Crippen molar-refractivity contribution in [1.82, 2.24) is 5.16 Å². The molecule has 2 N–H and O–H groups in total. The van der Waals surface area contributed by atoms with Crippen molar-refractivity contribution in [3.63, 3.8) is 0 Å². The molecule has 176 valence electrons. The predicted molar refractivity (Wildman–Crippen MR) is 127 cm³/mol. The van der Waals surface area contributed by atoms with Crippen LogP contribution in [0.25, 0.3) is 0 Å². The lowest BCUT2D eigenvalue weighted by atomic mass is 9.78. The first-order chi connectivity index (χ1) is 16.9. The highest BCUT2D eigenvalue weighted by Crippen LogP contribution is 2.43. The molecule has 0 saturated carbocycles. The smallest absolute Gasteiger partial charge is 0.412 e. The lowest BCUT2D eigenvalue weighted by Gasteiger charge is -2.37. The average Bonchev–Trinajstić information content (AvgIpc) is 3.46. The van der Waals surface area contributed by atoms with Crippen LogP contribution in [0.4, 0.5) is 10.5 Å². The normalized spacial score (nSPS) is 18.0. The summed E-state index contributed by atoms with van der Waals surface area (Å²) in [6.07, 6.45) is 7.46. The number of carbonyl (C=O) groups is 2. The number of hydrogen-bond donors (Lipinski definition) is 2. The Hall–Kier alpha value is -4.06. The van der Waals surface area contributed by atoms with Gasteiger partial charge in [-0.25, -0.2) is 4.79 Å². The van der Waals surface area contributed by atoms with Crippen molar-refractivity contribution in [2.45, 2.75) is 13.0 Å². The lowest BCUT2D eigenvalue weighted by Crippen LogP contribution is -2.49. The van der Waals surface area contributed by atoms with Gasteiger partial charge in [-0.1, -0.05) is 40.9 Å². The molecule has 1 fully saturated rings. The molecule has 8 nitrogen and oxygen atoms in total. The molecule has 1 aromatic carbocycles. The van der Waals surface area contributed by atoms with Gasteiger partial charge >= 0.3 is 12.1 Å². The summed E-state index contributed by atoms with van der Waals surface area (Å²) in [6.45, 7) is 2.06. The third kappa shape index (κ3) is 4.28. The first-order valence-electron chi connectivity index (χ1n) is 10.7. The number of nitrogens with one attached hydrogen (secondary N) is 1. The van der Waals surface area contributed by atoms with Crippen molar-refractivity contribution in [2.75, 3.05) is 18.5 Å². The number of amides is 1. The molecular weight excluding hydrogens is 472 g/mol. The molecule has 1 aliphatic heterocycles. The minimum atomic E-state index is -0.975. The number of allylic oxidation sites excluding steroid dienone is 7. The first-order valence-corrected chi connectivity index (χ1v) is 11.1. The van der Waals surface area contributed by atoms with Crippen LogP contribution in [-0.4, -0.2) is 35.5 Å². The minimum Gasteiger partial charge on any atom is -0.480 e. The van der Waals surface area contributed by atoms with Crippen LogP contribution in [0.5, 0.6) is 0 Å². The van der Waals surface area contributed by atoms with Gasteiger partial charge in [-0.2, -0.15) is 0 Å². The van der Waals surface area contributed by atoms with Gasteiger partial charge in [0.05, 0.1) is 13.2 Å². The average molecular weight is 491 g/mol. The third-order valence-electron chi connectivity index (χ3n) is 5.99. The van der Waals surface area contributed by atoms with Crippen molar-refractivity contribution in [3.8, 4) is 11.8 Å². The Morgan fingerprint density at radius 1 is 1.17 bits per heavy atom. The number of hydrogen-bond acceptors (Lipinski definition) is 6. The van der Waals surface area contributed by atoms with E-state index >= 15 is 0 Å². The molecule has 35 heavy (non-hydrogen) atoms. The Morgan fingerprint density at radius 3 is 2.63 bits per heavy atom. The molecular formula is C26H19ClN2O6. The summed E-state index contributed by atoms with van der Waals surface area (Å²) in [5.74, 6) is 4.99. The topological polar surface area (TPSA) is 111 Å². The van der Waals surface area contributed by atoms with E-state index in [4.69, 9.17) is 25.6 Å². The maximum absolute atomic E-state index is 12.4. The van der Waals surface area contributed by atoms with Crippen LogP contribution in [-0.2, 0) is 14.3 Å². The highest BCUT2D eigenvalue weighted by molar-refractivity contribution is 6.31. The van der Waals surface area contributed by atoms with Gasteiger partial charge in [0.25, 0.3) is 0 Å². The number of nitrogens with zero attached hydrogens (tertiary/aromatic N) is 1. The fraction of sp³-hybridized carbons (Fsp3) is 0.192. The second-order valence-electron chi connectivity index (χ2n) is 8.30. The Morgan fingerprint density at radius 2 is 1.94 bits per heavy atom. The van der Waals surface area contributed by atoms with Gasteiger partial charge < -0.3 is 19.1 Å². The number of aliphatic carboxylic acids is 1. The van der Waals surface area contributed by atoms with E-state index in [0.29, 0.717) is 10.6 Å². The highest BCUT2D eigenvalue weighted by atomic mass is 35.5. The molecule has 3 aliphatic rings. The number of benzene rings is 1. The molecule has 0 radical (unpaired) electrons. The Labute approximate surface area is 205 Å². The van der Waals surface area contributed by atoms with Crippen molar-refractivity contribution < 1.29 is 28.7 Å². The quantitative estimate of drug-likeness (QED) is 0.578. The zero-order chi connectivity index (χ0) is 24.6. The molecule has 1 atom stereocenters. The fourth-order valence-corrected chi connectivity index (χ4v) is 4.24. The molecule has 1 saturated heterocycles. The number of anilines is 1. The number of ether oxygens (including phenoxy) is 2. The molecule has 5 rings (SSSR count). The summed E-state index contributed by atoms with van der Waals surface area (Å²) < 4.78 is 15.5. The molecule has 0 bridgehead atoms. The third-order valence-corrected chi connectivity index (χ3v) is 6.34. The number of carbonyl (C=O) groups excluding carboxylic acids is 1. The molecule has 0 spiro atoms. The van der Waals surface area contributed by atoms with E-state index < -0.39 is 23.6 Å². The van der Waals surface area contributed by atoms with Crippen LogP contribution in [0.1, 0.15) is 24.3 Å². The molecule has 2 aromatic rings. The number of carboxylic acids is 1. The van der Waals surface area contributed by atoms with Crippen molar-refractivity contribution >= 4 is 29.4 Å². The van der Waals surface area contributed by atoms with Crippen LogP contribution < -0.4 is 5.32 Å². The maximum Gasteiger partial charge on any atom is 0.412 e. The number of fused-ring (bicyclic) bond motifs is 1. The number of halogens is 1. The monoisotopic (exact) mass is 490 g/mol. The van der Waals surface area contributed by atoms with Crippen LogP contribution in [0, 0.1) is 17.3 Å². The zero-order valence-corrected chi connectivity index (χ0v) is 19.3. The van der Waals surface area contributed by atoms with Gasteiger partial charge in [-0.15, -0.1) is 0 Å². The largest absolute Gasteiger partial charge is 0.480 e. The highest BCUT2D eigenvalue weighted by Gasteiger charge is 2.49. The molecule has 2 aliphatic carbocycles. The lowest BCUT2D eigenvalue weighted by molar-refractivity contribution is -0.170. The van der Waals surface area contributed by atoms with Crippen LogP contribution in [0.15, 0.2) is 81.6 Å². The molecule has 2 heterocycles. The van der Waals surface area contributed by atoms with Crippen LogP contribution in [0.3, 0.4) is 0 Å². The predicted octanol–water partition coefficient (Wildman–Crippen LogP) is 4.82. The fourth-order valence-electron chi connectivity index (χ4n) is 3.95. The van der Waals surface area contributed by atoms with Crippen LogP contribution >= 0.6 is 11.6 Å². The number of rotatable bonds is 5. The Kier molecular flexibility index (Phi) is 5.81. The van der Waals surface area contributed by atoms with Crippen molar-refractivity contribution in [1.29, 1.82) is 0 Å². The number of carboxylic acid groups (broad SMARTS) is 1. The van der Waals surface area contributed by atoms with E-state index in [1.54, 1.807) is 25.1 Å². The van der Waals surface area contributed by atoms with E-state index in [1.165, 1.54) is 6.26 Å². The SMILES string of the molecule is CC(OC(=O)Nc1conc1C#CC1=CC2=CC(C3(C(=O)O)COC3)=CC2=C1)c1ccccc1Cl. The summed E-state index contributed by atoms with van der Waals surface area (Å²) in [7, 11) is 0. The van der Waals surface area contributed by atoms with E-state index in [0.717, 1.165) is 22.3 Å². The first kappa shape index (κ1) is 22.7. The van der Waals surface area contributed by atoms with E-state index in [9.17, 15) is 14.7 Å². The maximum atomic E-state index is 12.4. The van der Waals surface area contributed by atoms with Gasteiger partial charge in [0, 0.05) is 16.2 Å². The van der Waals surface area contributed by atoms with Gasteiger partial charge in [0.15, 0.2) is 5.69 Å². The van der Waals surface area contributed by atoms with Crippen LogP contribution in [0.2, 0.25) is 5.02 Å². The van der Waals surface area contributed by atoms with Gasteiger partial charge in [-0.05, 0) is 59.9 Å². The Balaban J connectivity index is 1.24. The second-order valence-corrected chi connectivity index (χ2v) is 8.71. The van der Waals surface area contributed by atoms with Crippen molar-refractivity contribution in [2.24, 2.45) is 5.41 Å². The summed E-state index contributed by atoms with van der Waals surface area (Å²) in [6, 6.07) is 7.12. The molecule has 9 heteroatoms. The summed E-state index contributed by atoms with van der Waals surface area (Å²) in [4.78, 5) is 24.1. The van der Waals surface area contributed by atoms with E-state index in [2.05, 4.69) is 22.3 Å². The number of aromatic nitrogens is 1.